The highest BCUT2D eigenvalue weighted by molar-refractivity contribution is 6.98. The van der Waals surface area contributed by atoms with Crippen LogP contribution in [0.4, 0.5) is 0 Å². The van der Waals surface area contributed by atoms with Crippen molar-refractivity contribution in [3.8, 4) is 35.5 Å². The molecule has 0 saturated carbocycles. The number of fused-ring (bicyclic) bond motifs is 12. The first-order valence-corrected chi connectivity index (χ1v) is 41.1. The van der Waals surface area contributed by atoms with Gasteiger partial charge in [0.25, 0.3) is 0 Å². The van der Waals surface area contributed by atoms with Crippen LogP contribution in [0.25, 0.3) is 65.4 Å². The zero-order valence-electron chi connectivity index (χ0n) is 70.7. The summed E-state index contributed by atoms with van der Waals surface area (Å²) in [5.41, 5.74) is 48.9. The lowest BCUT2D eigenvalue weighted by molar-refractivity contribution is 0.821. The van der Waals surface area contributed by atoms with Crippen molar-refractivity contribution < 1.29 is 0 Å². The van der Waals surface area contributed by atoms with Gasteiger partial charge >= 0.3 is 0 Å². The van der Waals surface area contributed by atoms with Gasteiger partial charge in [0.15, 0.2) is 0 Å². The van der Waals surface area contributed by atoms with Crippen LogP contribution in [-0.2, 0) is 19.6 Å². The average Bonchev–Trinajstić information content (AvgIpc) is 1.51. The molecule has 0 fully saturated rings. The minimum absolute atomic E-state index is 0.0826. The highest BCUT2D eigenvalue weighted by Crippen LogP contribution is 2.49. The van der Waals surface area contributed by atoms with Gasteiger partial charge in [0.1, 0.15) is 0 Å². The molecule has 114 heavy (non-hydrogen) atoms. The molecule has 0 unspecified atom stereocenters. The molecule has 0 amide bonds. The summed E-state index contributed by atoms with van der Waals surface area (Å²) in [6, 6.07) is 76.3. The molecule has 3 nitrogen and oxygen atoms in total. The first kappa shape index (κ1) is 76.1. The molecule has 0 saturated heterocycles. The smallest absolute Gasteiger partial charge is 0.242 e. The van der Waals surface area contributed by atoms with E-state index in [-0.39, 0.29) is 20.1 Å². The third kappa shape index (κ3) is 13.5. The van der Waals surface area contributed by atoms with Gasteiger partial charge in [-0.2, -0.15) is 0 Å². The number of aryl methyl sites for hydroxylation is 21. The molecule has 0 radical (unpaired) electrons. The van der Waals surface area contributed by atoms with Crippen molar-refractivity contribution in [3.63, 3.8) is 0 Å². The molecule has 0 aliphatic carbocycles. The molecule has 3 heterocycles. The highest BCUT2D eigenvalue weighted by Gasteiger charge is 2.33. The number of hydrogen-bond acceptors (Lipinski definition) is 0. The van der Waals surface area contributed by atoms with Crippen molar-refractivity contribution in [1.29, 1.82) is 0 Å². The van der Waals surface area contributed by atoms with Crippen LogP contribution in [0.3, 0.4) is 0 Å². The van der Waals surface area contributed by atoms with E-state index in [1.807, 2.05) is 0 Å². The summed E-state index contributed by atoms with van der Waals surface area (Å²) in [5.74, 6) is 22.2. The second-order valence-corrected chi connectivity index (χ2v) is 33.4. The Morgan fingerprint density at radius 2 is 0.377 bits per heavy atom. The Morgan fingerprint density at radius 3 is 0.553 bits per heavy atom. The van der Waals surface area contributed by atoms with Crippen LogP contribution in [0.2, 0.25) is 0 Å². The number of aromatic nitrogens is 3. The quantitative estimate of drug-likeness (QED) is 0.0855. The minimum Gasteiger partial charge on any atom is -0.340 e. The van der Waals surface area contributed by atoms with Gasteiger partial charge in [0, 0.05) is 102 Å². The third-order valence-electron chi connectivity index (χ3n) is 24.8. The van der Waals surface area contributed by atoms with Crippen LogP contribution in [0.15, 0.2) is 200 Å². The maximum atomic E-state index is 3.73. The number of rotatable bonds is 12. The maximum absolute atomic E-state index is 3.73. The lowest BCUT2D eigenvalue weighted by Gasteiger charge is -2.24. The molecule has 13 aromatic carbocycles. The molecule has 16 aromatic rings. The van der Waals surface area contributed by atoms with Gasteiger partial charge in [-0.05, 0) is 236 Å². The van der Waals surface area contributed by atoms with Crippen LogP contribution in [0.5, 0.6) is 0 Å². The summed E-state index contributed by atoms with van der Waals surface area (Å²) in [6.45, 7) is 50.1. The van der Waals surface area contributed by atoms with Gasteiger partial charge in [-0.1, -0.05) is 294 Å². The van der Waals surface area contributed by atoms with E-state index in [2.05, 4.69) is 395 Å². The van der Waals surface area contributed by atoms with Crippen LogP contribution < -0.4 is 49.2 Å². The molecule has 16 rings (SSSR count). The standard InChI is InChI=1S/C108H102B3N3/c1-22-112-94-46-37-85(28-25-82-31-40-88(41-32-82)109(100-70(10)49-64(4)50-71(100)11)101-72(12)51-65(5)52-73(101)13)61-91(94)97-106(112)98-92-62-86(29-26-83-33-42-89(43-34-83)110(102-74(14)53-66(6)54-75(102)15)103-76(16)55-67(7)56-77(103)17)38-47-95(92)113(23-2)108(98)99-93-63-87(39-48-96(93)114(24-3)107(97)99)30-27-84-35-44-90(45-36-84)111(104-78(18)57-68(8)58-79(104)19)105-80(20)59-69(9)60-81(105)21/h31-63H,22-24H2,1-21H3. The van der Waals surface area contributed by atoms with E-state index in [1.165, 1.54) is 215 Å². The molecule has 0 spiro atoms. The topological polar surface area (TPSA) is 14.8 Å². The SMILES string of the molecule is CCn1c2ccc(C#Cc3ccc(B(c4c(C)cc(C)cc4C)c4c(C)cc(C)cc4C)cc3)cc2c2c1c1c3cc(C#Cc4ccc(B(c5c(C)cc(C)cc5C)c5c(C)cc(C)cc5C)cc4)ccc3n(CC)c1c1c3cc(C#Cc4ccc(B(c5c(C)cc(C)cc5C)c5c(C)cc(C)cc5C)cc4)ccc3n(CC)c21. The maximum Gasteiger partial charge on any atom is 0.242 e. The second kappa shape index (κ2) is 30.2. The van der Waals surface area contributed by atoms with Gasteiger partial charge in [-0.3, -0.25) is 0 Å². The molecule has 6 heteroatoms. The first-order valence-electron chi connectivity index (χ1n) is 41.1. The van der Waals surface area contributed by atoms with Gasteiger partial charge in [-0.25, -0.2) is 0 Å². The number of benzene rings is 13. The van der Waals surface area contributed by atoms with E-state index in [4.69, 9.17) is 0 Å². The predicted molar refractivity (Wildman–Crippen MR) is 498 cm³/mol. The lowest BCUT2D eigenvalue weighted by Crippen LogP contribution is -2.55. The fourth-order valence-electron chi connectivity index (χ4n) is 20.8. The molecule has 0 N–H and O–H groups in total. The fourth-order valence-corrected chi connectivity index (χ4v) is 20.8. The van der Waals surface area contributed by atoms with E-state index in [9.17, 15) is 0 Å². The van der Waals surface area contributed by atoms with E-state index < -0.39 is 0 Å². The van der Waals surface area contributed by atoms with Gasteiger partial charge in [-0.15, -0.1) is 0 Å². The minimum atomic E-state index is 0.0826. The summed E-state index contributed by atoms with van der Waals surface area (Å²) in [6.07, 6.45) is 0. The Balaban J connectivity index is 0.855. The molecule has 0 bridgehead atoms. The fraction of sp³-hybridized carbons (Fsp3) is 0.222. The van der Waals surface area contributed by atoms with Crippen molar-refractivity contribution >= 4 is 135 Å². The Labute approximate surface area is 678 Å². The van der Waals surface area contributed by atoms with E-state index in [1.54, 1.807) is 0 Å². The van der Waals surface area contributed by atoms with Crippen LogP contribution >= 0.6 is 0 Å². The van der Waals surface area contributed by atoms with Crippen molar-refractivity contribution in [3.05, 3.63) is 334 Å². The predicted octanol–water partition coefficient (Wildman–Crippen LogP) is 19.4. The summed E-state index contributed by atoms with van der Waals surface area (Å²) in [7, 11) is 0. The summed E-state index contributed by atoms with van der Waals surface area (Å²) in [4.78, 5) is 0. The third-order valence-corrected chi connectivity index (χ3v) is 24.8. The molecule has 0 aliphatic heterocycles. The van der Waals surface area contributed by atoms with E-state index in [0.29, 0.717) is 0 Å². The van der Waals surface area contributed by atoms with E-state index >= 15 is 0 Å². The molecule has 3 aromatic heterocycles. The van der Waals surface area contributed by atoms with Crippen molar-refractivity contribution in [2.45, 2.75) is 165 Å². The Morgan fingerprint density at radius 1 is 0.211 bits per heavy atom. The van der Waals surface area contributed by atoms with Crippen LogP contribution in [-0.4, -0.2) is 33.8 Å². The highest BCUT2D eigenvalue weighted by atomic mass is 15.0. The number of hydrogen-bond donors (Lipinski definition) is 0. The Bertz CT molecular complexity index is 5890. The molecule has 0 atom stereocenters. The van der Waals surface area contributed by atoms with Crippen LogP contribution in [0.1, 0.15) is 154 Å². The average molecular weight is 1470 g/mol. The van der Waals surface area contributed by atoms with Crippen molar-refractivity contribution in [2.24, 2.45) is 0 Å². The van der Waals surface area contributed by atoms with Gasteiger partial charge < -0.3 is 13.7 Å². The normalized spacial score (nSPS) is 11.4. The lowest BCUT2D eigenvalue weighted by atomic mass is 9.34. The number of nitrogens with zero attached hydrogens (tertiary/aromatic N) is 3. The summed E-state index contributed by atoms with van der Waals surface area (Å²) in [5, 5.41) is 7.30. The summed E-state index contributed by atoms with van der Waals surface area (Å²) < 4.78 is 7.73. The zero-order chi connectivity index (χ0) is 80.1. The second-order valence-electron chi connectivity index (χ2n) is 33.4. The van der Waals surface area contributed by atoms with Gasteiger partial charge in [0.2, 0.25) is 20.1 Å². The Kier molecular flexibility index (Phi) is 20.2. The molecule has 0 aliphatic rings. The van der Waals surface area contributed by atoms with Crippen molar-refractivity contribution in [1.82, 2.24) is 13.7 Å². The largest absolute Gasteiger partial charge is 0.340 e. The van der Waals surface area contributed by atoms with Gasteiger partial charge in [0.05, 0.1) is 16.6 Å². The first-order chi connectivity index (χ1) is 54.8. The molecular weight excluding hydrogens is 1370 g/mol. The van der Waals surface area contributed by atoms with E-state index in [0.717, 1.165) is 53.0 Å². The molecular formula is C108H102B3N3. The van der Waals surface area contributed by atoms with Crippen LogP contribution in [0, 0.1) is 160 Å². The van der Waals surface area contributed by atoms with Crippen molar-refractivity contribution in [2.75, 3.05) is 0 Å². The summed E-state index contributed by atoms with van der Waals surface area (Å²) >= 11 is 0. The Hall–Kier alpha value is -11.9. The molecule has 558 valence electrons. The zero-order valence-corrected chi connectivity index (χ0v) is 70.7. The monoisotopic (exact) mass is 1470 g/mol.